The number of fused-ring (bicyclic) bond motifs is 1. The molecule has 1 aliphatic heterocycles. The van der Waals surface area contributed by atoms with E-state index < -0.39 is 5.82 Å². The van der Waals surface area contributed by atoms with Gasteiger partial charge in [-0.1, -0.05) is 32.4 Å². The number of benzene rings is 1. The molecule has 1 N–H and O–H groups in total. The minimum absolute atomic E-state index is 0.163. The van der Waals surface area contributed by atoms with Crippen molar-refractivity contribution >= 4 is 23.2 Å². The van der Waals surface area contributed by atoms with Gasteiger partial charge in [0, 0.05) is 5.02 Å². The zero-order chi connectivity index (χ0) is 12.1. The summed E-state index contributed by atoms with van der Waals surface area (Å²) in [4.78, 5) is 11.8. The van der Waals surface area contributed by atoms with Crippen molar-refractivity contribution in [1.82, 2.24) is 0 Å². The first-order valence-electron chi connectivity index (χ1n) is 5.10. The molecule has 0 aliphatic carbocycles. The van der Waals surface area contributed by atoms with Crippen LogP contribution >= 0.6 is 11.6 Å². The average Bonchev–Trinajstić information content (AvgIpc) is 2.40. The second-order valence-electron chi connectivity index (χ2n) is 5.14. The van der Waals surface area contributed by atoms with Gasteiger partial charge in [0.1, 0.15) is 5.82 Å². The predicted octanol–water partition coefficient (Wildman–Crippen LogP) is 3.56. The summed E-state index contributed by atoms with van der Waals surface area (Å²) in [5.41, 5.74) is 0.670. The summed E-state index contributed by atoms with van der Waals surface area (Å²) >= 11 is 5.81. The summed E-state index contributed by atoms with van der Waals surface area (Å²) in [5, 5.41) is 2.90. The van der Waals surface area contributed by atoms with E-state index in [4.69, 9.17) is 11.6 Å². The molecule has 2 nitrogen and oxygen atoms in total. The zero-order valence-corrected chi connectivity index (χ0v) is 10.2. The Labute approximate surface area is 98.8 Å². The molecule has 0 aromatic heterocycles. The standard InChI is InChI=1S/C12H13ClFNO/c1-12(2,3)9-7-4-6(13)5-8(14)10(7)15-11(9)16/h4-5,9H,1-3H3,(H,15,16). The van der Waals surface area contributed by atoms with Crippen molar-refractivity contribution in [2.75, 3.05) is 5.32 Å². The molecule has 1 atom stereocenters. The Kier molecular flexibility index (Phi) is 2.46. The van der Waals surface area contributed by atoms with Crippen molar-refractivity contribution in [3.63, 3.8) is 0 Å². The predicted molar refractivity (Wildman–Crippen MR) is 62.2 cm³/mol. The number of amides is 1. The quantitative estimate of drug-likeness (QED) is 0.739. The van der Waals surface area contributed by atoms with Crippen LogP contribution in [0.3, 0.4) is 0 Å². The number of anilines is 1. The molecule has 0 fully saturated rings. The molecule has 1 unspecified atom stereocenters. The first-order chi connectivity index (χ1) is 7.30. The molecule has 0 saturated heterocycles. The summed E-state index contributed by atoms with van der Waals surface area (Å²) in [6.45, 7) is 5.85. The van der Waals surface area contributed by atoms with Crippen LogP contribution in [0.25, 0.3) is 0 Å². The lowest BCUT2D eigenvalue weighted by Crippen LogP contribution is -2.25. The van der Waals surface area contributed by atoms with Gasteiger partial charge in [-0.15, -0.1) is 0 Å². The molecule has 1 aromatic rings. The molecule has 2 rings (SSSR count). The lowest BCUT2D eigenvalue weighted by atomic mass is 9.77. The molecule has 4 heteroatoms. The number of nitrogens with one attached hydrogen (secondary N) is 1. The average molecular weight is 242 g/mol. The van der Waals surface area contributed by atoms with Gasteiger partial charge in [0.05, 0.1) is 11.6 Å². The van der Waals surface area contributed by atoms with Crippen molar-refractivity contribution in [3.05, 3.63) is 28.5 Å². The highest BCUT2D eigenvalue weighted by molar-refractivity contribution is 6.31. The van der Waals surface area contributed by atoms with Crippen LogP contribution in [-0.2, 0) is 4.79 Å². The number of hydrogen-bond acceptors (Lipinski definition) is 1. The van der Waals surface area contributed by atoms with E-state index >= 15 is 0 Å². The highest BCUT2D eigenvalue weighted by Gasteiger charge is 2.40. The van der Waals surface area contributed by atoms with Gasteiger partial charge in [0.25, 0.3) is 0 Å². The molecular formula is C12H13ClFNO. The topological polar surface area (TPSA) is 29.1 Å². The van der Waals surface area contributed by atoms with Gasteiger partial charge >= 0.3 is 0 Å². The molecule has 0 spiro atoms. The SMILES string of the molecule is CC(C)(C)C1C(=O)Nc2c(F)cc(Cl)cc21. The maximum absolute atomic E-state index is 13.6. The first-order valence-corrected chi connectivity index (χ1v) is 5.48. The molecule has 86 valence electrons. The normalized spacial score (nSPS) is 19.6. The molecule has 1 amide bonds. The van der Waals surface area contributed by atoms with Crippen LogP contribution in [0.15, 0.2) is 12.1 Å². The number of rotatable bonds is 0. The van der Waals surface area contributed by atoms with Crippen molar-refractivity contribution < 1.29 is 9.18 Å². The summed E-state index contributed by atoms with van der Waals surface area (Å²) < 4.78 is 13.6. The third-order valence-electron chi connectivity index (χ3n) is 2.77. The van der Waals surface area contributed by atoms with Gasteiger partial charge in [-0.2, -0.15) is 0 Å². The lowest BCUT2D eigenvalue weighted by Gasteiger charge is -2.25. The highest BCUT2D eigenvalue weighted by atomic mass is 35.5. The Balaban J connectivity index is 2.61. The lowest BCUT2D eigenvalue weighted by molar-refractivity contribution is -0.119. The Morgan fingerprint density at radius 1 is 1.38 bits per heavy atom. The third-order valence-corrected chi connectivity index (χ3v) is 2.99. The highest BCUT2D eigenvalue weighted by Crippen LogP contribution is 2.45. The fourth-order valence-corrected chi connectivity index (χ4v) is 2.36. The van der Waals surface area contributed by atoms with E-state index in [2.05, 4.69) is 5.32 Å². The van der Waals surface area contributed by atoms with Crippen molar-refractivity contribution in [1.29, 1.82) is 0 Å². The Morgan fingerprint density at radius 2 is 2.00 bits per heavy atom. The summed E-state index contributed by atoms with van der Waals surface area (Å²) in [5.74, 6) is -0.984. The van der Waals surface area contributed by atoms with Crippen LogP contribution in [0.5, 0.6) is 0 Å². The Hall–Kier alpha value is -1.09. The van der Waals surface area contributed by atoms with Crippen molar-refractivity contribution in [2.45, 2.75) is 26.7 Å². The fraction of sp³-hybridized carbons (Fsp3) is 0.417. The number of carbonyl (C=O) groups is 1. The molecule has 1 aromatic carbocycles. The van der Waals surface area contributed by atoms with Crippen LogP contribution in [0.4, 0.5) is 10.1 Å². The van der Waals surface area contributed by atoms with Crippen LogP contribution in [0.1, 0.15) is 32.3 Å². The molecule has 0 bridgehead atoms. The van der Waals surface area contributed by atoms with Crippen molar-refractivity contribution in [3.8, 4) is 0 Å². The summed E-state index contributed by atoms with van der Waals surface area (Å²) in [6, 6.07) is 2.87. The van der Waals surface area contributed by atoms with Gasteiger partial charge in [-0.25, -0.2) is 4.39 Å². The minimum Gasteiger partial charge on any atom is -0.323 e. The van der Waals surface area contributed by atoms with Gasteiger partial charge in [0.15, 0.2) is 0 Å². The summed E-state index contributed by atoms with van der Waals surface area (Å²) in [6.07, 6.45) is 0. The maximum Gasteiger partial charge on any atom is 0.232 e. The van der Waals surface area contributed by atoms with Gasteiger partial charge in [-0.3, -0.25) is 4.79 Å². The number of carbonyl (C=O) groups excluding carboxylic acids is 1. The Morgan fingerprint density at radius 3 is 2.56 bits per heavy atom. The molecule has 1 heterocycles. The largest absolute Gasteiger partial charge is 0.323 e. The first kappa shape index (κ1) is 11.4. The van der Waals surface area contributed by atoms with Crippen LogP contribution in [0.2, 0.25) is 5.02 Å². The summed E-state index contributed by atoms with van der Waals surface area (Å²) in [7, 11) is 0. The van der Waals surface area contributed by atoms with E-state index in [0.29, 0.717) is 10.6 Å². The second kappa shape index (κ2) is 3.45. The van der Waals surface area contributed by atoms with E-state index in [-0.39, 0.29) is 22.9 Å². The molecule has 0 saturated carbocycles. The molecule has 1 aliphatic rings. The molecule has 0 radical (unpaired) electrons. The smallest absolute Gasteiger partial charge is 0.232 e. The Bertz CT molecular complexity index is 465. The van der Waals surface area contributed by atoms with E-state index in [1.54, 1.807) is 6.07 Å². The fourth-order valence-electron chi connectivity index (χ4n) is 2.15. The van der Waals surface area contributed by atoms with E-state index in [0.717, 1.165) is 0 Å². The van der Waals surface area contributed by atoms with Crippen molar-refractivity contribution in [2.24, 2.45) is 5.41 Å². The molecular weight excluding hydrogens is 229 g/mol. The van der Waals surface area contributed by atoms with Gasteiger partial charge < -0.3 is 5.32 Å². The minimum atomic E-state index is -0.470. The zero-order valence-electron chi connectivity index (χ0n) is 9.40. The monoisotopic (exact) mass is 241 g/mol. The van der Waals surface area contributed by atoms with Gasteiger partial charge in [-0.05, 0) is 23.1 Å². The van der Waals surface area contributed by atoms with Crippen LogP contribution < -0.4 is 5.32 Å². The number of hydrogen-bond donors (Lipinski definition) is 1. The van der Waals surface area contributed by atoms with E-state index in [9.17, 15) is 9.18 Å². The van der Waals surface area contributed by atoms with E-state index in [1.165, 1.54) is 6.07 Å². The third kappa shape index (κ3) is 1.69. The number of halogens is 2. The molecule has 16 heavy (non-hydrogen) atoms. The van der Waals surface area contributed by atoms with Crippen LogP contribution in [-0.4, -0.2) is 5.91 Å². The van der Waals surface area contributed by atoms with E-state index in [1.807, 2.05) is 20.8 Å². The second-order valence-corrected chi connectivity index (χ2v) is 5.58. The maximum atomic E-state index is 13.6. The van der Waals surface area contributed by atoms with Gasteiger partial charge in [0.2, 0.25) is 5.91 Å². The van der Waals surface area contributed by atoms with Crippen LogP contribution in [0, 0.1) is 11.2 Å².